The van der Waals surface area contributed by atoms with E-state index in [1.165, 1.54) is 17.0 Å². The molecule has 0 spiro atoms. The Balaban J connectivity index is 1.98. The van der Waals surface area contributed by atoms with Gasteiger partial charge in [-0.2, -0.15) is 14.3 Å². The Hall–Kier alpha value is -1.44. The lowest BCUT2D eigenvalue weighted by atomic mass is 9.77. The van der Waals surface area contributed by atoms with Crippen LogP contribution >= 0.6 is 27.2 Å². The van der Waals surface area contributed by atoms with Gasteiger partial charge in [0.1, 0.15) is 11.6 Å². The van der Waals surface area contributed by atoms with Gasteiger partial charge in [0.15, 0.2) is 11.5 Å². The number of aliphatic hydroxyl groups excluding tert-OH is 2. The Bertz CT molecular complexity index is 1110. The van der Waals surface area contributed by atoms with E-state index < -0.39 is 51.8 Å². The third-order valence-electron chi connectivity index (χ3n) is 5.39. The smallest absolute Gasteiger partial charge is 0.389 e. The van der Waals surface area contributed by atoms with Crippen LogP contribution in [-0.4, -0.2) is 63.2 Å². The molecular formula is C14H20ClN5O9P2. The quantitative estimate of drug-likeness (QED) is 0.172. The molecule has 172 valence electrons. The molecule has 14 nitrogen and oxygen atoms in total. The zero-order valence-electron chi connectivity index (χ0n) is 15.9. The number of hydrogen-bond donors (Lipinski definition) is 6. The third-order valence-corrected chi connectivity index (χ3v) is 7.69. The van der Waals surface area contributed by atoms with E-state index >= 15 is 0 Å². The van der Waals surface area contributed by atoms with Crippen molar-refractivity contribution in [3.05, 3.63) is 24.3 Å². The topological polar surface area (TPSA) is 223 Å². The molecule has 1 aliphatic rings. The van der Waals surface area contributed by atoms with Crippen LogP contribution in [0, 0.1) is 11.3 Å². The molecule has 0 amide bonds. The minimum absolute atomic E-state index is 0.00330. The summed E-state index contributed by atoms with van der Waals surface area (Å²) in [6.45, 7) is 4.46. The molecule has 1 fully saturated rings. The van der Waals surface area contributed by atoms with Crippen LogP contribution in [0.3, 0.4) is 0 Å². The fourth-order valence-electron chi connectivity index (χ4n) is 3.86. The largest absolute Gasteiger partial charge is 0.481 e. The van der Waals surface area contributed by atoms with Crippen LogP contribution in [-0.2, 0) is 18.0 Å². The van der Waals surface area contributed by atoms with Gasteiger partial charge in [-0.05, 0) is 17.5 Å². The molecule has 6 atom stereocenters. The molecule has 0 aliphatic heterocycles. The molecule has 17 heteroatoms. The Labute approximate surface area is 180 Å². The second kappa shape index (κ2) is 8.16. The number of phosphoric ester groups is 1. The first-order valence-corrected chi connectivity index (χ1v) is 12.0. The average Bonchev–Trinajstić information content (AvgIpc) is 3.11. The molecule has 0 aromatic carbocycles. The summed E-state index contributed by atoms with van der Waals surface area (Å²) in [5.41, 5.74) is 4.66. The Morgan fingerprint density at radius 3 is 2.58 bits per heavy atom. The normalized spacial score (nSPS) is 31.1. The van der Waals surface area contributed by atoms with Crippen LogP contribution in [0.5, 0.6) is 0 Å². The van der Waals surface area contributed by atoms with Crippen LogP contribution in [0.15, 0.2) is 19.0 Å². The van der Waals surface area contributed by atoms with Gasteiger partial charge in [0.2, 0.25) is 5.28 Å². The number of halogens is 1. The molecule has 2 aromatic rings. The van der Waals surface area contributed by atoms with Crippen molar-refractivity contribution in [3.63, 3.8) is 0 Å². The van der Waals surface area contributed by atoms with Gasteiger partial charge in [-0.15, -0.1) is 6.58 Å². The van der Waals surface area contributed by atoms with E-state index in [9.17, 15) is 24.2 Å². The summed E-state index contributed by atoms with van der Waals surface area (Å²) in [4.78, 5) is 39.1. The number of hydrogen-bond acceptors (Lipinski definition) is 10. The lowest BCUT2D eigenvalue weighted by Crippen LogP contribution is -2.40. The molecule has 3 rings (SSSR count). The van der Waals surface area contributed by atoms with Crippen LogP contribution in [0.25, 0.3) is 11.2 Å². The summed E-state index contributed by atoms with van der Waals surface area (Å²) in [5, 5.41) is 21.4. The van der Waals surface area contributed by atoms with Crippen molar-refractivity contribution in [2.45, 2.75) is 25.2 Å². The zero-order valence-corrected chi connectivity index (χ0v) is 18.4. The molecule has 1 unspecified atom stereocenters. The van der Waals surface area contributed by atoms with Crippen molar-refractivity contribution < 1.29 is 42.9 Å². The lowest BCUT2D eigenvalue weighted by Gasteiger charge is -2.34. The summed E-state index contributed by atoms with van der Waals surface area (Å²) in [6.07, 6.45) is -0.480. The highest BCUT2D eigenvalue weighted by atomic mass is 35.5. The minimum atomic E-state index is -5.34. The summed E-state index contributed by atoms with van der Waals surface area (Å²) in [7, 11) is -10.5. The summed E-state index contributed by atoms with van der Waals surface area (Å²) >= 11 is 5.87. The summed E-state index contributed by atoms with van der Waals surface area (Å²) < 4.78 is 32.7. The number of phosphoric acid groups is 2. The molecule has 1 saturated carbocycles. The van der Waals surface area contributed by atoms with Gasteiger partial charge < -0.3 is 35.2 Å². The number of aromatic nitrogens is 4. The second-order valence-corrected chi connectivity index (χ2v) is 10.2. The summed E-state index contributed by atoms with van der Waals surface area (Å²) in [5.74, 6) is -0.721. The number of imidazole rings is 1. The van der Waals surface area contributed by atoms with Crippen molar-refractivity contribution in [1.82, 2.24) is 19.5 Å². The molecule has 0 radical (unpaired) electrons. The second-order valence-electron chi connectivity index (χ2n) is 7.05. The van der Waals surface area contributed by atoms with Gasteiger partial charge >= 0.3 is 15.6 Å². The predicted molar refractivity (Wildman–Crippen MR) is 106 cm³/mol. The first-order chi connectivity index (χ1) is 14.2. The highest BCUT2D eigenvalue weighted by Crippen LogP contribution is 2.60. The fraction of sp³-hybridized carbons (Fsp3) is 0.500. The van der Waals surface area contributed by atoms with E-state index in [2.05, 4.69) is 25.8 Å². The van der Waals surface area contributed by atoms with Crippen LogP contribution in [0.1, 0.15) is 13.0 Å². The first kappa shape index (κ1) is 24.2. The molecule has 7 N–H and O–H groups in total. The van der Waals surface area contributed by atoms with Crippen LogP contribution in [0.2, 0.25) is 5.28 Å². The van der Waals surface area contributed by atoms with E-state index in [-0.39, 0.29) is 22.3 Å². The molecule has 0 saturated heterocycles. The molecule has 2 aromatic heterocycles. The monoisotopic (exact) mass is 499 g/mol. The average molecular weight is 500 g/mol. The number of nitrogens with zero attached hydrogens (tertiary/aromatic N) is 4. The van der Waals surface area contributed by atoms with Crippen molar-refractivity contribution in [2.75, 3.05) is 12.3 Å². The van der Waals surface area contributed by atoms with Gasteiger partial charge in [0, 0.05) is 5.41 Å². The van der Waals surface area contributed by atoms with E-state index in [0.29, 0.717) is 0 Å². The highest BCUT2D eigenvalue weighted by Gasteiger charge is 2.58. The van der Waals surface area contributed by atoms with Crippen molar-refractivity contribution in [2.24, 2.45) is 11.3 Å². The number of anilines is 1. The van der Waals surface area contributed by atoms with Crippen molar-refractivity contribution in [3.8, 4) is 0 Å². The molecule has 31 heavy (non-hydrogen) atoms. The highest BCUT2D eigenvalue weighted by molar-refractivity contribution is 7.60. The van der Waals surface area contributed by atoms with Crippen LogP contribution < -0.4 is 5.73 Å². The SMILES string of the molecule is C=C[C@]1(COP(=O)(O)OP(=O)(O)O)[C@H](C)[C@@H](n2cnc3c(N)nc(Cl)nc32)[C@H](O)[C@@H]1O. The Morgan fingerprint density at radius 1 is 1.35 bits per heavy atom. The first-order valence-electron chi connectivity index (χ1n) is 8.62. The fourth-order valence-corrected chi connectivity index (χ4v) is 5.68. The third kappa shape index (κ3) is 4.41. The molecular weight excluding hydrogens is 480 g/mol. The maximum absolute atomic E-state index is 11.9. The Kier molecular flexibility index (Phi) is 6.37. The van der Waals surface area contributed by atoms with Gasteiger partial charge in [-0.3, -0.25) is 4.52 Å². The number of nitrogen functional groups attached to an aromatic ring is 1. The number of aliphatic hydroxyl groups is 2. The number of nitrogens with two attached hydrogens (primary N) is 1. The maximum Gasteiger partial charge on any atom is 0.481 e. The lowest BCUT2D eigenvalue weighted by molar-refractivity contribution is -0.0322. The standard InChI is InChI=1S/C14H20ClN5O9P2/c1-3-14(4-28-31(26,27)29-30(23,24)25)6(2)8(9(21)10(14)22)20-5-17-7-11(16)18-13(15)19-12(7)20/h3,5-6,8-10,21-22H,1,4H2,2H3,(H,26,27)(H2,16,18,19)(H2,23,24,25)/t6-,8-,9+,10+,14+/m1/s1. The zero-order chi connectivity index (χ0) is 23.4. The minimum Gasteiger partial charge on any atom is -0.389 e. The van der Waals surface area contributed by atoms with Gasteiger partial charge in [-0.25, -0.2) is 14.1 Å². The van der Waals surface area contributed by atoms with Crippen molar-refractivity contribution >= 4 is 44.2 Å². The Morgan fingerprint density at radius 2 is 2.00 bits per heavy atom. The van der Waals surface area contributed by atoms with Gasteiger partial charge in [0.05, 0.1) is 25.1 Å². The van der Waals surface area contributed by atoms with E-state index in [1.807, 2.05) is 0 Å². The van der Waals surface area contributed by atoms with E-state index in [0.717, 1.165) is 0 Å². The summed E-state index contributed by atoms with van der Waals surface area (Å²) in [6, 6.07) is -0.896. The van der Waals surface area contributed by atoms with E-state index in [4.69, 9.17) is 31.6 Å². The van der Waals surface area contributed by atoms with Gasteiger partial charge in [0.25, 0.3) is 0 Å². The maximum atomic E-state index is 11.9. The molecule has 0 bridgehead atoms. The molecule has 1 aliphatic carbocycles. The van der Waals surface area contributed by atoms with Gasteiger partial charge in [-0.1, -0.05) is 13.0 Å². The predicted octanol–water partition coefficient (Wildman–Crippen LogP) is 0.373. The van der Waals surface area contributed by atoms with E-state index in [1.54, 1.807) is 6.92 Å². The molecule has 2 heterocycles. The number of fused-ring (bicyclic) bond motifs is 1. The van der Waals surface area contributed by atoms with Crippen LogP contribution in [0.4, 0.5) is 5.82 Å². The van der Waals surface area contributed by atoms with Crippen molar-refractivity contribution in [1.29, 1.82) is 0 Å². The number of rotatable bonds is 7.